The Kier molecular flexibility index (Phi) is 5.30. The van der Waals surface area contributed by atoms with Crippen LogP contribution in [-0.4, -0.2) is 26.7 Å². The number of aromatic nitrogens is 2. The molecule has 0 radical (unpaired) electrons. The predicted octanol–water partition coefficient (Wildman–Crippen LogP) is 5.30. The van der Waals surface area contributed by atoms with E-state index in [2.05, 4.69) is 22.0 Å². The second-order valence-electron chi connectivity index (χ2n) is 6.23. The molecule has 1 atom stereocenters. The lowest BCUT2D eigenvalue weighted by atomic mass is 9.95. The zero-order chi connectivity index (χ0) is 19.7. The Hall–Kier alpha value is -2.48. The number of rotatable bonds is 5. The van der Waals surface area contributed by atoms with Crippen LogP contribution in [-0.2, 0) is 0 Å². The number of nitrogens with zero attached hydrogens (tertiary/aromatic N) is 3. The van der Waals surface area contributed by atoms with Gasteiger partial charge in [0.1, 0.15) is 0 Å². The number of hydrogen-bond donors (Lipinski definition) is 1. The minimum Gasteiger partial charge on any atom is -0.351 e. The van der Waals surface area contributed by atoms with Crippen LogP contribution in [0.2, 0.25) is 5.02 Å². The Morgan fingerprint density at radius 2 is 2.14 bits per heavy atom. The monoisotopic (exact) mass is 428 g/mol. The highest BCUT2D eigenvalue weighted by Gasteiger charge is 2.33. The summed E-state index contributed by atoms with van der Waals surface area (Å²) in [4.78, 5) is 7.58. The molecule has 28 heavy (non-hydrogen) atoms. The van der Waals surface area contributed by atoms with Crippen LogP contribution in [0.3, 0.4) is 0 Å². The fourth-order valence-corrected chi connectivity index (χ4v) is 4.26. The van der Waals surface area contributed by atoms with E-state index in [0.29, 0.717) is 28.4 Å². The van der Waals surface area contributed by atoms with E-state index in [1.54, 1.807) is 11.3 Å². The van der Waals surface area contributed by atoms with Crippen molar-refractivity contribution >= 4 is 45.8 Å². The molecule has 0 aliphatic carbocycles. The Morgan fingerprint density at radius 3 is 2.82 bits per heavy atom. The summed E-state index contributed by atoms with van der Waals surface area (Å²) in [5.41, 5.74) is 2.84. The summed E-state index contributed by atoms with van der Waals surface area (Å²) in [7, 11) is 0. The molecule has 2 aromatic heterocycles. The van der Waals surface area contributed by atoms with Crippen molar-refractivity contribution in [3.8, 4) is 10.7 Å². The molecule has 8 heteroatoms. The van der Waals surface area contributed by atoms with Crippen molar-refractivity contribution in [2.45, 2.75) is 13.0 Å². The second-order valence-corrected chi connectivity index (χ2v) is 8.00. The number of thiocarbonyl (C=S) groups is 1. The smallest absolute Gasteiger partial charge is 0.258 e. The van der Waals surface area contributed by atoms with Gasteiger partial charge < -0.3 is 14.7 Å². The molecule has 0 spiro atoms. The first-order valence-corrected chi connectivity index (χ1v) is 10.3. The maximum atomic E-state index is 6.07. The minimum absolute atomic E-state index is 0.220. The Morgan fingerprint density at radius 1 is 1.36 bits per heavy atom. The molecule has 0 bridgehead atoms. The second kappa shape index (κ2) is 7.87. The normalized spacial score (nSPS) is 17.0. The van der Waals surface area contributed by atoms with Gasteiger partial charge in [0.15, 0.2) is 5.11 Å². The SMILES string of the molecule is C=CCN1C(=S)NC(c2ccc(Cl)cc2)C(c2nc(-c3cccs3)no2)=C1C. The largest absolute Gasteiger partial charge is 0.351 e. The van der Waals surface area contributed by atoms with Gasteiger partial charge in [-0.05, 0) is 48.3 Å². The maximum absolute atomic E-state index is 6.07. The fraction of sp³-hybridized carbons (Fsp3) is 0.150. The van der Waals surface area contributed by atoms with Crippen LogP contribution in [0.1, 0.15) is 24.4 Å². The maximum Gasteiger partial charge on any atom is 0.258 e. The number of nitrogens with one attached hydrogen (secondary N) is 1. The van der Waals surface area contributed by atoms with Crippen LogP contribution in [0.25, 0.3) is 16.3 Å². The molecule has 1 aliphatic heterocycles. The molecule has 0 saturated heterocycles. The van der Waals surface area contributed by atoms with E-state index in [0.717, 1.165) is 21.7 Å². The van der Waals surface area contributed by atoms with Crippen molar-refractivity contribution in [2.24, 2.45) is 0 Å². The third-order valence-electron chi connectivity index (χ3n) is 4.51. The van der Waals surface area contributed by atoms with Gasteiger partial charge in [0.25, 0.3) is 5.89 Å². The molecule has 142 valence electrons. The Balaban J connectivity index is 1.83. The number of thiophene rings is 1. The summed E-state index contributed by atoms with van der Waals surface area (Å²) < 4.78 is 5.66. The van der Waals surface area contributed by atoms with Gasteiger partial charge >= 0.3 is 0 Å². The van der Waals surface area contributed by atoms with Crippen molar-refractivity contribution in [3.63, 3.8) is 0 Å². The molecule has 5 nitrogen and oxygen atoms in total. The number of hydrogen-bond acceptors (Lipinski definition) is 5. The van der Waals surface area contributed by atoms with E-state index in [1.165, 1.54) is 0 Å². The molecule has 1 aliphatic rings. The van der Waals surface area contributed by atoms with Crippen LogP contribution in [0, 0.1) is 0 Å². The van der Waals surface area contributed by atoms with Crippen LogP contribution in [0.15, 0.2) is 64.7 Å². The van der Waals surface area contributed by atoms with Crippen molar-refractivity contribution in [1.29, 1.82) is 0 Å². The third-order valence-corrected chi connectivity index (χ3v) is 5.97. The lowest BCUT2D eigenvalue weighted by Gasteiger charge is -2.36. The van der Waals surface area contributed by atoms with Gasteiger partial charge in [-0.15, -0.1) is 17.9 Å². The zero-order valence-electron chi connectivity index (χ0n) is 15.1. The molecular weight excluding hydrogens is 412 g/mol. The Bertz CT molecular complexity index is 1040. The van der Waals surface area contributed by atoms with E-state index >= 15 is 0 Å². The van der Waals surface area contributed by atoms with Crippen molar-refractivity contribution < 1.29 is 4.52 Å². The van der Waals surface area contributed by atoms with E-state index in [4.69, 9.17) is 28.3 Å². The van der Waals surface area contributed by atoms with Gasteiger partial charge in [-0.1, -0.05) is 41.0 Å². The van der Waals surface area contributed by atoms with Gasteiger partial charge in [-0.3, -0.25) is 0 Å². The molecule has 3 heterocycles. The number of benzene rings is 1. The lowest BCUT2D eigenvalue weighted by molar-refractivity contribution is 0.399. The average Bonchev–Trinajstić information content (AvgIpc) is 3.37. The van der Waals surface area contributed by atoms with Crippen LogP contribution < -0.4 is 5.32 Å². The molecule has 1 N–H and O–H groups in total. The third kappa shape index (κ3) is 3.48. The summed E-state index contributed by atoms with van der Waals surface area (Å²) in [6.07, 6.45) is 1.81. The van der Waals surface area contributed by atoms with Gasteiger partial charge in [0.2, 0.25) is 5.82 Å². The molecule has 1 unspecified atom stereocenters. The van der Waals surface area contributed by atoms with Gasteiger partial charge in [0, 0.05) is 17.3 Å². The standard InChI is InChI=1S/C20H17ClN4OS2/c1-3-10-25-12(2)16(19-23-18(24-26-19)15-5-4-11-28-15)17(22-20(25)27)13-6-8-14(21)9-7-13/h3-9,11,17H,1,10H2,2H3,(H,22,27). The van der Waals surface area contributed by atoms with E-state index in [1.807, 2.05) is 59.7 Å². The Labute approximate surface area is 177 Å². The first-order chi connectivity index (χ1) is 13.6. The molecule has 4 rings (SSSR count). The first kappa shape index (κ1) is 18.9. The quantitative estimate of drug-likeness (QED) is 0.439. The lowest BCUT2D eigenvalue weighted by Crippen LogP contribution is -2.45. The van der Waals surface area contributed by atoms with Crippen LogP contribution >= 0.6 is 35.2 Å². The highest BCUT2D eigenvalue weighted by molar-refractivity contribution is 7.80. The highest BCUT2D eigenvalue weighted by Crippen LogP contribution is 2.37. The highest BCUT2D eigenvalue weighted by atomic mass is 35.5. The molecule has 3 aromatic rings. The van der Waals surface area contributed by atoms with Crippen molar-refractivity contribution in [3.05, 3.63) is 76.6 Å². The summed E-state index contributed by atoms with van der Waals surface area (Å²) in [5.74, 6) is 1.04. The number of allylic oxidation sites excluding steroid dienone is 1. The van der Waals surface area contributed by atoms with E-state index < -0.39 is 0 Å². The zero-order valence-corrected chi connectivity index (χ0v) is 17.4. The van der Waals surface area contributed by atoms with Crippen molar-refractivity contribution in [2.75, 3.05) is 6.54 Å². The van der Waals surface area contributed by atoms with Gasteiger partial charge in [0.05, 0.1) is 16.5 Å². The molecule has 0 fully saturated rings. The number of halogens is 1. The summed E-state index contributed by atoms with van der Waals surface area (Å²) in [6, 6.07) is 11.4. The summed E-state index contributed by atoms with van der Waals surface area (Å²) >= 11 is 13.2. The summed E-state index contributed by atoms with van der Waals surface area (Å²) in [6.45, 7) is 6.42. The molecule has 0 saturated carbocycles. The van der Waals surface area contributed by atoms with Gasteiger partial charge in [-0.2, -0.15) is 4.98 Å². The summed E-state index contributed by atoms with van der Waals surface area (Å²) in [5, 5.41) is 10.8. The van der Waals surface area contributed by atoms with Crippen LogP contribution in [0.5, 0.6) is 0 Å². The molecule has 0 amide bonds. The molecular formula is C20H17ClN4OS2. The predicted molar refractivity (Wildman–Crippen MR) is 117 cm³/mol. The van der Waals surface area contributed by atoms with Crippen molar-refractivity contribution in [1.82, 2.24) is 20.4 Å². The fourth-order valence-electron chi connectivity index (χ4n) is 3.15. The topological polar surface area (TPSA) is 54.2 Å². The van der Waals surface area contributed by atoms with Crippen LogP contribution in [0.4, 0.5) is 0 Å². The van der Waals surface area contributed by atoms with E-state index in [9.17, 15) is 0 Å². The van der Waals surface area contributed by atoms with Gasteiger partial charge in [-0.25, -0.2) is 0 Å². The average molecular weight is 429 g/mol. The molecule has 1 aromatic carbocycles. The minimum atomic E-state index is -0.220. The van der Waals surface area contributed by atoms with E-state index in [-0.39, 0.29) is 6.04 Å². The first-order valence-electron chi connectivity index (χ1n) is 8.61.